The lowest BCUT2D eigenvalue weighted by Gasteiger charge is -2.14. The Kier molecular flexibility index (Phi) is 5.12. The van der Waals surface area contributed by atoms with Crippen molar-refractivity contribution < 1.29 is 18.0 Å². The summed E-state index contributed by atoms with van der Waals surface area (Å²) in [7, 11) is 0. The number of aromatic amines is 1. The van der Waals surface area contributed by atoms with Crippen LogP contribution < -0.4 is 10.7 Å². The second kappa shape index (κ2) is 8.14. The summed E-state index contributed by atoms with van der Waals surface area (Å²) in [4.78, 5) is 29.8. The Balaban J connectivity index is 1.44. The lowest BCUT2D eigenvalue weighted by atomic mass is 10.1. The number of fused-ring (bicyclic) bond motifs is 2. The van der Waals surface area contributed by atoms with Crippen molar-refractivity contribution in [1.29, 1.82) is 0 Å². The standard InChI is InChI=1S/C24H16F3N5O2/c25-24(26,27)15-7-5-6-14(12-15)22-29-23(31-30-22)28-20(33)13-32-18-10-3-1-8-16(18)21(34)17-9-2-4-11-19(17)32/h1-12H,13H2,(H2,28,29,30,31,33). The summed E-state index contributed by atoms with van der Waals surface area (Å²) in [6.45, 7) is -0.130. The van der Waals surface area contributed by atoms with Gasteiger partial charge < -0.3 is 4.57 Å². The van der Waals surface area contributed by atoms with Crippen LogP contribution in [0, 0.1) is 0 Å². The maximum Gasteiger partial charge on any atom is 0.416 e. The number of carbonyl (C=O) groups excluding carboxylic acids is 1. The molecule has 0 saturated heterocycles. The number of aromatic nitrogens is 4. The number of nitrogens with zero attached hydrogens (tertiary/aromatic N) is 3. The molecule has 0 saturated carbocycles. The van der Waals surface area contributed by atoms with Gasteiger partial charge in [-0.15, -0.1) is 5.10 Å². The number of hydrogen-bond donors (Lipinski definition) is 2. The number of H-pyrrole nitrogens is 1. The van der Waals surface area contributed by atoms with Crippen molar-refractivity contribution in [3.05, 3.63) is 88.6 Å². The van der Waals surface area contributed by atoms with Crippen LogP contribution in [0.25, 0.3) is 33.2 Å². The molecule has 3 aromatic carbocycles. The van der Waals surface area contributed by atoms with E-state index < -0.39 is 17.6 Å². The predicted octanol–water partition coefficient (Wildman–Crippen LogP) is 4.60. The van der Waals surface area contributed by atoms with Crippen molar-refractivity contribution in [2.75, 3.05) is 5.32 Å². The van der Waals surface area contributed by atoms with Gasteiger partial charge >= 0.3 is 6.18 Å². The summed E-state index contributed by atoms with van der Waals surface area (Å²) in [5.41, 5.74) is 0.439. The summed E-state index contributed by atoms with van der Waals surface area (Å²) < 4.78 is 40.7. The molecule has 2 aromatic heterocycles. The third-order valence-electron chi connectivity index (χ3n) is 5.38. The van der Waals surface area contributed by atoms with Crippen LogP contribution in [0.5, 0.6) is 0 Å². The normalized spacial score (nSPS) is 11.7. The number of amides is 1. The molecule has 7 nitrogen and oxygen atoms in total. The minimum absolute atomic E-state index is 0.0768. The van der Waals surface area contributed by atoms with Crippen LogP contribution >= 0.6 is 0 Å². The first-order valence-electron chi connectivity index (χ1n) is 10.2. The molecule has 5 aromatic rings. The molecular formula is C24H16F3N5O2. The van der Waals surface area contributed by atoms with Crippen LogP contribution in [0.2, 0.25) is 0 Å². The minimum Gasteiger partial charge on any atom is -0.331 e. The van der Waals surface area contributed by atoms with E-state index in [1.165, 1.54) is 12.1 Å². The molecule has 0 spiro atoms. The van der Waals surface area contributed by atoms with E-state index in [1.54, 1.807) is 53.1 Å². The van der Waals surface area contributed by atoms with E-state index in [4.69, 9.17) is 0 Å². The molecule has 0 bridgehead atoms. The minimum atomic E-state index is -4.49. The zero-order valence-electron chi connectivity index (χ0n) is 17.4. The zero-order valence-corrected chi connectivity index (χ0v) is 17.4. The van der Waals surface area contributed by atoms with E-state index >= 15 is 0 Å². The van der Waals surface area contributed by atoms with E-state index in [2.05, 4.69) is 20.5 Å². The number of anilines is 1. The molecule has 0 aliphatic carbocycles. The van der Waals surface area contributed by atoms with E-state index in [1.807, 2.05) is 0 Å². The Labute approximate surface area is 189 Å². The van der Waals surface area contributed by atoms with Crippen molar-refractivity contribution in [2.24, 2.45) is 0 Å². The number of benzene rings is 3. The predicted molar refractivity (Wildman–Crippen MR) is 121 cm³/mol. The topological polar surface area (TPSA) is 92.7 Å². The van der Waals surface area contributed by atoms with Crippen LogP contribution in [0.1, 0.15) is 5.56 Å². The number of nitrogens with one attached hydrogen (secondary N) is 2. The molecule has 34 heavy (non-hydrogen) atoms. The summed E-state index contributed by atoms with van der Waals surface area (Å²) in [5.74, 6) is -0.457. The Hall–Kier alpha value is -4.47. The van der Waals surface area contributed by atoms with Gasteiger partial charge in [-0.2, -0.15) is 18.2 Å². The molecule has 0 radical (unpaired) electrons. The van der Waals surface area contributed by atoms with Gasteiger partial charge in [-0.1, -0.05) is 36.4 Å². The van der Waals surface area contributed by atoms with E-state index in [0.29, 0.717) is 21.8 Å². The fraction of sp³-hybridized carbons (Fsp3) is 0.0833. The Bertz CT molecular complexity index is 1540. The molecule has 10 heteroatoms. The molecule has 2 N–H and O–H groups in total. The molecule has 0 unspecified atom stereocenters. The van der Waals surface area contributed by atoms with Crippen molar-refractivity contribution >= 4 is 33.7 Å². The molecule has 0 aliphatic heterocycles. The maximum absolute atomic E-state index is 13.0. The summed E-state index contributed by atoms with van der Waals surface area (Å²) in [6.07, 6.45) is -4.49. The average molecular weight is 463 g/mol. The second-order valence-electron chi connectivity index (χ2n) is 7.58. The third kappa shape index (κ3) is 3.90. The first kappa shape index (κ1) is 21.4. The van der Waals surface area contributed by atoms with Crippen LogP contribution in [0.4, 0.5) is 19.1 Å². The average Bonchev–Trinajstić information content (AvgIpc) is 3.30. The first-order chi connectivity index (χ1) is 16.3. The molecule has 0 aliphatic rings. The summed E-state index contributed by atoms with van der Waals surface area (Å²) in [6, 6.07) is 18.6. The van der Waals surface area contributed by atoms with Gasteiger partial charge in [-0.05, 0) is 36.4 Å². The van der Waals surface area contributed by atoms with Gasteiger partial charge in [0.2, 0.25) is 11.9 Å². The van der Waals surface area contributed by atoms with E-state index in [0.717, 1.165) is 12.1 Å². The first-order valence-corrected chi connectivity index (χ1v) is 10.2. The molecule has 0 fully saturated rings. The number of halogens is 3. The van der Waals surface area contributed by atoms with Gasteiger partial charge in [-0.3, -0.25) is 20.0 Å². The van der Waals surface area contributed by atoms with Crippen LogP contribution in [-0.4, -0.2) is 25.7 Å². The highest BCUT2D eigenvalue weighted by Gasteiger charge is 2.30. The fourth-order valence-corrected chi connectivity index (χ4v) is 3.84. The number of para-hydroxylation sites is 2. The molecule has 5 rings (SSSR count). The fourth-order valence-electron chi connectivity index (χ4n) is 3.84. The highest BCUT2D eigenvalue weighted by molar-refractivity contribution is 5.96. The van der Waals surface area contributed by atoms with Gasteiger partial charge in [0.15, 0.2) is 11.3 Å². The quantitative estimate of drug-likeness (QED) is 0.381. The lowest BCUT2D eigenvalue weighted by Crippen LogP contribution is -2.22. The van der Waals surface area contributed by atoms with Gasteiger partial charge in [-0.25, -0.2) is 0 Å². The monoisotopic (exact) mass is 463 g/mol. The summed E-state index contributed by atoms with van der Waals surface area (Å²) in [5, 5.41) is 9.97. The number of alkyl halides is 3. The molecule has 1 amide bonds. The highest BCUT2D eigenvalue weighted by atomic mass is 19.4. The zero-order chi connectivity index (χ0) is 23.9. The van der Waals surface area contributed by atoms with E-state index in [-0.39, 0.29) is 29.3 Å². The Morgan fingerprint density at radius 1 is 0.941 bits per heavy atom. The molecule has 0 atom stereocenters. The van der Waals surface area contributed by atoms with Crippen LogP contribution in [0.3, 0.4) is 0 Å². The third-order valence-corrected chi connectivity index (χ3v) is 5.38. The highest BCUT2D eigenvalue weighted by Crippen LogP contribution is 2.31. The lowest BCUT2D eigenvalue weighted by molar-refractivity contribution is -0.137. The molecule has 170 valence electrons. The van der Waals surface area contributed by atoms with Gasteiger partial charge in [0.1, 0.15) is 6.54 Å². The van der Waals surface area contributed by atoms with Crippen molar-refractivity contribution in [2.45, 2.75) is 12.7 Å². The van der Waals surface area contributed by atoms with Crippen molar-refractivity contribution in [1.82, 2.24) is 19.7 Å². The maximum atomic E-state index is 13.0. The van der Waals surface area contributed by atoms with Crippen molar-refractivity contribution in [3.8, 4) is 11.4 Å². The second-order valence-corrected chi connectivity index (χ2v) is 7.58. The van der Waals surface area contributed by atoms with Gasteiger partial charge in [0.05, 0.1) is 16.6 Å². The smallest absolute Gasteiger partial charge is 0.331 e. The van der Waals surface area contributed by atoms with Crippen molar-refractivity contribution in [3.63, 3.8) is 0 Å². The summed E-state index contributed by atoms with van der Waals surface area (Å²) >= 11 is 0. The van der Waals surface area contributed by atoms with Crippen LogP contribution in [0.15, 0.2) is 77.6 Å². The number of pyridine rings is 1. The number of rotatable bonds is 4. The SMILES string of the molecule is O=C(Cn1c2ccccc2c(=O)c2ccccc21)Nc1n[nH]c(-c2cccc(C(F)(F)F)c2)n1. The Morgan fingerprint density at radius 2 is 1.59 bits per heavy atom. The van der Waals surface area contributed by atoms with Gasteiger partial charge in [0, 0.05) is 16.3 Å². The largest absolute Gasteiger partial charge is 0.416 e. The van der Waals surface area contributed by atoms with Gasteiger partial charge in [0.25, 0.3) is 0 Å². The van der Waals surface area contributed by atoms with E-state index in [9.17, 15) is 22.8 Å². The number of hydrogen-bond acceptors (Lipinski definition) is 4. The Morgan fingerprint density at radius 3 is 2.24 bits per heavy atom. The number of carbonyl (C=O) groups is 1. The molecule has 2 heterocycles. The molecular weight excluding hydrogens is 447 g/mol. The van der Waals surface area contributed by atoms with Crippen LogP contribution in [-0.2, 0) is 17.5 Å².